The van der Waals surface area contributed by atoms with Gasteiger partial charge in [-0.2, -0.15) is 4.79 Å². The molecule has 150 valence electrons. The second kappa shape index (κ2) is 8.65. The lowest BCUT2D eigenvalue weighted by molar-refractivity contribution is -0.114. The first-order valence-electron chi connectivity index (χ1n) is 10.0. The lowest BCUT2D eigenvalue weighted by Gasteiger charge is -2.26. The number of urea groups is 1. The quantitative estimate of drug-likeness (QED) is 0.729. The molecule has 3 amide bonds. The van der Waals surface area contributed by atoms with Crippen LogP contribution in [0.2, 0.25) is 0 Å². The van der Waals surface area contributed by atoms with E-state index in [9.17, 15) is 14.4 Å². The number of nitrogens with zero attached hydrogens (tertiary/aromatic N) is 2. The standard InChI is InChI=1S/C21H27N3O4/c1-15(2)13-14-18(25)19-23-24(21(27)28-19,17-11-7-4-8-12-17)20(26)22-16-9-5-3-6-10-16/h4,7-8,11-12,15-16H,3,5-6,9-10,13-14H2,1-2H3/p+1. The molecule has 1 aromatic rings. The van der Waals surface area contributed by atoms with Gasteiger partial charge < -0.3 is 4.74 Å². The molecular weight excluding hydrogens is 358 g/mol. The summed E-state index contributed by atoms with van der Waals surface area (Å²) in [7, 11) is 0. The molecule has 0 aromatic heterocycles. The number of amides is 3. The van der Waals surface area contributed by atoms with Gasteiger partial charge in [-0.1, -0.05) is 51.3 Å². The lowest BCUT2D eigenvalue weighted by Crippen LogP contribution is -2.58. The van der Waals surface area contributed by atoms with E-state index in [4.69, 9.17) is 4.74 Å². The maximum absolute atomic E-state index is 13.2. The Bertz CT molecular complexity index is 769. The second-order valence-corrected chi connectivity index (χ2v) is 7.88. The summed E-state index contributed by atoms with van der Waals surface area (Å²) in [5.41, 5.74) is 0.354. The zero-order valence-corrected chi connectivity index (χ0v) is 16.5. The molecule has 0 spiro atoms. The minimum atomic E-state index is -1.000. The maximum Gasteiger partial charge on any atom is 0.565 e. The third-order valence-corrected chi connectivity index (χ3v) is 5.23. The number of para-hydroxylation sites is 1. The summed E-state index contributed by atoms with van der Waals surface area (Å²) >= 11 is 0. The molecule has 7 heteroatoms. The van der Waals surface area contributed by atoms with Gasteiger partial charge in [0.05, 0.1) is 0 Å². The number of imide groups is 1. The molecule has 1 fully saturated rings. The molecule has 1 atom stereocenters. The monoisotopic (exact) mass is 386 g/mol. The fraction of sp³-hybridized carbons (Fsp3) is 0.524. The molecule has 1 aliphatic heterocycles. The zero-order valence-electron chi connectivity index (χ0n) is 16.5. The van der Waals surface area contributed by atoms with Gasteiger partial charge in [-0.3, -0.25) is 10.1 Å². The highest BCUT2D eigenvalue weighted by molar-refractivity contribution is 6.40. The number of ether oxygens (including phenoxy) is 1. The Morgan fingerprint density at radius 3 is 2.50 bits per heavy atom. The summed E-state index contributed by atoms with van der Waals surface area (Å²) in [5.74, 6) is -0.304. The average Bonchev–Trinajstić information content (AvgIpc) is 3.06. The third kappa shape index (κ3) is 4.14. The maximum atomic E-state index is 13.2. The van der Waals surface area contributed by atoms with Gasteiger partial charge in [0.1, 0.15) is 0 Å². The van der Waals surface area contributed by atoms with E-state index in [0.29, 0.717) is 18.0 Å². The highest BCUT2D eigenvalue weighted by Crippen LogP contribution is 2.31. The predicted octanol–water partition coefficient (Wildman–Crippen LogP) is 4.51. The number of rotatable bonds is 6. The van der Waals surface area contributed by atoms with E-state index in [1.165, 1.54) is 0 Å². The first kappa shape index (κ1) is 20.2. The van der Waals surface area contributed by atoms with Crippen molar-refractivity contribution in [3.8, 4) is 0 Å². The van der Waals surface area contributed by atoms with E-state index < -0.39 is 16.7 Å². The first-order valence-corrected chi connectivity index (χ1v) is 10.0. The van der Waals surface area contributed by atoms with Gasteiger partial charge in [-0.15, -0.1) is 0 Å². The number of hydrogen-bond donors (Lipinski definition) is 1. The Morgan fingerprint density at radius 2 is 1.86 bits per heavy atom. The van der Waals surface area contributed by atoms with Crippen LogP contribution in [0.1, 0.15) is 58.8 Å². The number of Topliss-reactive ketones (excluding diaryl/α,β-unsaturated/α-hetero) is 1. The highest BCUT2D eigenvalue weighted by atomic mass is 16.6. The van der Waals surface area contributed by atoms with Gasteiger partial charge in [-0.05, 0) is 30.3 Å². The van der Waals surface area contributed by atoms with Crippen LogP contribution in [0.4, 0.5) is 15.3 Å². The Balaban J connectivity index is 1.91. The molecule has 3 rings (SSSR count). The summed E-state index contributed by atoms with van der Waals surface area (Å²) in [6.07, 6.45) is 5.01. The van der Waals surface area contributed by atoms with Gasteiger partial charge in [0.15, 0.2) is 5.69 Å². The first-order chi connectivity index (χ1) is 13.4. The van der Waals surface area contributed by atoms with Gasteiger partial charge in [0, 0.05) is 29.2 Å². The van der Waals surface area contributed by atoms with Crippen molar-refractivity contribution in [1.29, 1.82) is 0 Å². The van der Waals surface area contributed by atoms with Crippen molar-refractivity contribution in [1.82, 2.24) is 9.91 Å². The molecule has 7 nitrogen and oxygen atoms in total. The minimum absolute atomic E-state index is 0.00338. The van der Waals surface area contributed by atoms with Crippen LogP contribution in [0.15, 0.2) is 35.4 Å². The van der Waals surface area contributed by atoms with Crippen molar-refractivity contribution < 1.29 is 19.1 Å². The molecule has 1 aliphatic carbocycles. The summed E-state index contributed by atoms with van der Waals surface area (Å²) in [6, 6.07) is 7.96. The highest BCUT2D eigenvalue weighted by Gasteiger charge is 2.58. The van der Waals surface area contributed by atoms with Crippen LogP contribution in [-0.4, -0.2) is 29.8 Å². The van der Waals surface area contributed by atoms with Crippen molar-refractivity contribution in [3.05, 3.63) is 30.3 Å². The third-order valence-electron chi connectivity index (χ3n) is 5.23. The Kier molecular flexibility index (Phi) is 6.24. The van der Waals surface area contributed by atoms with Crippen LogP contribution >= 0.6 is 0 Å². The van der Waals surface area contributed by atoms with Crippen molar-refractivity contribution in [2.75, 3.05) is 0 Å². The molecule has 2 aliphatic rings. The number of benzene rings is 1. The summed E-state index contributed by atoms with van der Waals surface area (Å²) < 4.78 is 4.21. The summed E-state index contributed by atoms with van der Waals surface area (Å²) in [5, 5.41) is 7.19. The smallest absolute Gasteiger partial charge is 0.350 e. The molecule has 1 aromatic carbocycles. The molecule has 1 heterocycles. The molecular formula is C21H28N3O4+. The van der Waals surface area contributed by atoms with Crippen LogP contribution in [0.5, 0.6) is 0 Å². The average molecular weight is 386 g/mol. The van der Waals surface area contributed by atoms with E-state index in [1.807, 2.05) is 13.8 Å². The minimum Gasteiger partial charge on any atom is -0.350 e. The molecule has 1 unspecified atom stereocenters. The molecule has 0 saturated heterocycles. The molecule has 0 radical (unpaired) electrons. The van der Waals surface area contributed by atoms with Gasteiger partial charge in [0.2, 0.25) is 5.78 Å². The van der Waals surface area contributed by atoms with Crippen LogP contribution in [0, 0.1) is 5.92 Å². The number of ketones is 1. The van der Waals surface area contributed by atoms with E-state index in [-0.39, 0.29) is 24.1 Å². The molecule has 0 bridgehead atoms. The fourth-order valence-corrected chi connectivity index (χ4v) is 3.55. The van der Waals surface area contributed by atoms with Gasteiger partial charge in [-0.25, -0.2) is 4.79 Å². The van der Waals surface area contributed by atoms with Gasteiger partial charge in [0.25, 0.3) is 0 Å². The van der Waals surface area contributed by atoms with Crippen LogP contribution < -0.4 is 9.91 Å². The van der Waals surface area contributed by atoms with E-state index in [2.05, 4.69) is 10.4 Å². The number of carbonyl (C=O) groups is 3. The number of nitrogens with one attached hydrogen (secondary N) is 1. The lowest BCUT2D eigenvalue weighted by atomic mass is 9.96. The predicted molar refractivity (Wildman–Crippen MR) is 107 cm³/mol. The van der Waals surface area contributed by atoms with Crippen LogP contribution in [0.25, 0.3) is 0 Å². The largest absolute Gasteiger partial charge is 0.565 e. The summed E-state index contributed by atoms with van der Waals surface area (Å²) in [6.45, 7) is 4.02. The Labute approximate surface area is 165 Å². The van der Waals surface area contributed by atoms with Crippen molar-refractivity contribution in [2.24, 2.45) is 11.0 Å². The van der Waals surface area contributed by atoms with Crippen molar-refractivity contribution in [2.45, 2.75) is 64.8 Å². The number of cyclic esters (lactones) is 1. The Morgan fingerprint density at radius 1 is 1.18 bits per heavy atom. The Hall–Kier alpha value is -2.54. The van der Waals surface area contributed by atoms with Crippen molar-refractivity contribution in [3.63, 3.8) is 0 Å². The van der Waals surface area contributed by atoms with Gasteiger partial charge >= 0.3 is 18.0 Å². The molecule has 1 N–H and O–H groups in total. The van der Waals surface area contributed by atoms with Crippen LogP contribution in [0.3, 0.4) is 0 Å². The number of carbonyl (C=O) groups excluding carboxylic acids is 3. The number of quaternary nitrogens is 1. The molecule has 28 heavy (non-hydrogen) atoms. The van der Waals surface area contributed by atoms with Crippen molar-refractivity contribution >= 4 is 29.5 Å². The number of hydrogen-bond acceptors (Lipinski definition) is 5. The normalized spacial score (nSPS) is 22.7. The zero-order chi connectivity index (χ0) is 20.1. The second-order valence-electron chi connectivity index (χ2n) is 7.88. The summed E-state index contributed by atoms with van der Waals surface area (Å²) in [4.78, 5) is 38.6. The fourth-order valence-electron chi connectivity index (χ4n) is 3.55. The molecule has 1 saturated carbocycles. The van der Waals surface area contributed by atoms with E-state index in [1.54, 1.807) is 30.3 Å². The topological polar surface area (TPSA) is 84.8 Å². The van der Waals surface area contributed by atoms with E-state index in [0.717, 1.165) is 32.1 Å². The SMILES string of the molecule is CC(C)CCC(=O)C1=N[N+](C(=O)NC2CCCCC2)(c2ccccc2)C(=O)O1. The van der Waals surface area contributed by atoms with E-state index >= 15 is 0 Å². The van der Waals surface area contributed by atoms with Crippen LogP contribution in [-0.2, 0) is 9.53 Å².